The van der Waals surface area contributed by atoms with Crippen LogP contribution >= 0.6 is 11.6 Å². The molecule has 6 nitrogen and oxygen atoms in total. The van der Waals surface area contributed by atoms with Gasteiger partial charge < -0.3 is 19.7 Å². The second-order valence-electron chi connectivity index (χ2n) is 4.28. The average Bonchev–Trinajstić information content (AvgIpc) is 2.96. The minimum absolute atomic E-state index is 0.343. The highest BCUT2D eigenvalue weighted by Gasteiger charge is 2.18. The Balaban J connectivity index is 2.38. The molecule has 0 saturated carbocycles. The highest BCUT2D eigenvalue weighted by atomic mass is 35.5. The lowest BCUT2D eigenvalue weighted by atomic mass is 10.2. The molecule has 1 aromatic heterocycles. The topological polar surface area (TPSA) is 83.4 Å². The van der Waals surface area contributed by atoms with Gasteiger partial charge >= 0.3 is 0 Å². The Morgan fingerprint density at radius 1 is 1.43 bits per heavy atom. The third kappa shape index (κ3) is 3.17. The van der Waals surface area contributed by atoms with E-state index in [9.17, 15) is 0 Å². The lowest BCUT2D eigenvalue weighted by Crippen LogP contribution is -2.09. The number of hydrogen-bond donors (Lipinski definition) is 1. The minimum Gasteiger partial charge on any atom is -0.493 e. The van der Waals surface area contributed by atoms with Crippen molar-refractivity contribution in [2.45, 2.75) is 12.5 Å². The van der Waals surface area contributed by atoms with Gasteiger partial charge in [-0.15, -0.1) is 6.58 Å². The molecule has 0 bridgehead atoms. The van der Waals surface area contributed by atoms with Crippen LogP contribution in [-0.4, -0.2) is 24.4 Å². The predicted molar refractivity (Wildman–Crippen MR) is 79.6 cm³/mol. The van der Waals surface area contributed by atoms with Crippen molar-refractivity contribution in [2.75, 3.05) is 14.2 Å². The Kier molecular flexibility index (Phi) is 4.82. The van der Waals surface area contributed by atoms with Gasteiger partial charge in [0, 0.05) is 5.56 Å². The predicted octanol–water partition coefficient (Wildman–Crippen LogP) is 2.98. The van der Waals surface area contributed by atoms with Gasteiger partial charge in [-0.3, -0.25) is 0 Å². The number of methoxy groups -OCH3 is 2. The van der Waals surface area contributed by atoms with Crippen molar-refractivity contribution in [3.8, 4) is 22.9 Å². The summed E-state index contributed by atoms with van der Waals surface area (Å²) >= 11 is 6.15. The van der Waals surface area contributed by atoms with E-state index in [1.54, 1.807) is 18.2 Å². The van der Waals surface area contributed by atoms with E-state index in [-0.39, 0.29) is 6.04 Å². The molecule has 2 N–H and O–H groups in total. The number of aromatic nitrogens is 2. The Hall–Kier alpha value is -2.05. The summed E-state index contributed by atoms with van der Waals surface area (Å²) in [6.45, 7) is 3.63. The molecule has 21 heavy (non-hydrogen) atoms. The smallest absolute Gasteiger partial charge is 0.244 e. The van der Waals surface area contributed by atoms with Crippen molar-refractivity contribution in [3.63, 3.8) is 0 Å². The van der Waals surface area contributed by atoms with Crippen LogP contribution in [0.3, 0.4) is 0 Å². The molecule has 1 atom stereocenters. The van der Waals surface area contributed by atoms with E-state index in [1.807, 2.05) is 0 Å². The lowest BCUT2D eigenvalue weighted by Gasteiger charge is -2.10. The summed E-state index contributed by atoms with van der Waals surface area (Å²) in [5.41, 5.74) is 6.54. The van der Waals surface area contributed by atoms with Crippen molar-refractivity contribution < 1.29 is 14.0 Å². The molecule has 1 heterocycles. The van der Waals surface area contributed by atoms with Gasteiger partial charge in [0.25, 0.3) is 0 Å². The Morgan fingerprint density at radius 3 is 2.81 bits per heavy atom. The van der Waals surface area contributed by atoms with Crippen LogP contribution in [0.25, 0.3) is 11.4 Å². The number of rotatable bonds is 6. The van der Waals surface area contributed by atoms with Crippen LogP contribution in [0.15, 0.2) is 29.3 Å². The normalized spacial score (nSPS) is 12.0. The number of benzene rings is 1. The summed E-state index contributed by atoms with van der Waals surface area (Å²) in [5, 5.41) is 4.30. The summed E-state index contributed by atoms with van der Waals surface area (Å²) in [6.07, 6.45) is 2.25. The Morgan fingerprint density at radius 2 is 2.19 bits per heavy atom. The maximum Gasteiger partial charge on any atom is 0.244 e. The lowest BCUT2D eigenvalue weighted by molar-refractivity contribution is 0.354. The molecule has 0 saturated heterocycles. The zero-order valence-corrected chi connectivity index (χ0v) is 12.6. The molecule has 1 aromatic carbocycles. The molecule has 7 heteroatoms. The second kappa shape index (κ2) is 6.60. The number of nitrogens with zero attached hydrogens (tertiary/aromatic N) is 2. The fraction of sp³-hybridized carbons (Fsp3) is 0.286. The first-order valence-corrected chi connectivity index (χ1v) is 6.60. The molecule has 0 aliphatic heterocycles. The molecule has 1 unspecified atom stereocenters. The third-order valence-corrected chi connectivity index (χ3v) is 3.15. The number of nitrogens with two attached hydrogens (primary N) is 1. The van der Waals surface area contributed by atoms with Crippen LogP contribution in [0.1, 0.15) is 18.4 Å². The number of ether oxygens (including phenoxy) is 2. The molecule has 0 amide bonds. The first-order valence-electron chi connectivity index (χ1n) is 6.22. The highest BCUT2D eigenvalue weighted by molar-refractivity contribution is 6.32. The minimum atomic E-state index is -0.376. The van der Waals surface area contributed by atoms with Crippen molar-refractivity contribution in [2.24, 2.45) is 5.73 Å². The fourth-order valence-electron chi connectivity index (χ4n) is 1.83. The molecule has 2 aromatic rings. The summed E-state index contributed by atoms with van der Waals surface area (Å²) in [5.74, 6) is 1.67. The van der Waals surface area contributed by atoms with Crippen LogP contribution in [0.5, 0.6) is 11.5 Å². The highest BCUT2D eigenvalue weighted by Crippen LogP contribution is 2.38. The third-order valence-electron chi connectivity index (χ3n) is 2.87. The monoisotopic (exact) mass is 309 g/mol. The molecular formula is C14H16ClN3O3. The Bertz CT molecular complexity index is 642. The first kappa shape index (κ1) is 15.3. The van der Waals surface area contributed by atoms with Gasteiger partial charge in [0.15, 0.2) is 11.5 Å². The van der Waals surface area contributed by atoms with Gasteiger partial charge in [0.05, 0.1) is 25.3 Å². The van der Waals surface area contributed by atoms with Gasteiger partial charge in [-0.1, -0.05) is 22.8 Å². The molecule has 0 fully saturated rings. The summed E-state index contributed by atoms with van der Waals surface area (Å²) in [6, 6.07) is 3.02. The van der Waals surface area contributed by atoms with Gasteiger partial charge in [-0.25, -0.2) is 0 Å². The van der Waals surface area contributed by atoms with Crippen molar-refractivity contribution in [1.29, 1.82) is 0 Å². The van der Waals surface area contributed by atoms with E-state index in [0.29, 0.717) is 40.2 Å². The number of halogens is 1. The molecule has 2 rings (SSSR count). The van der Waals surface area contributed by atoms with E-state index in [2.05, 4.69) is 16.7 Å². The largest absolute Gasteiger partial charge is 0.493 e. The number of hydrogen-bond acceptors (Lipinski definition) is 6. The van der Waals surface area contributed by atoms with Gasteiger partial charge in [-0.05, 0) is 18.6 Å². The summed E-state index contributed by atoms with van der Waals surface area (Å²) in [7, 11) is 3.05. The summed E-state index contributed by atoms with van der Waals surface area (Å²) < 4.78 is 15.6. The maximum absolute atomic E-state index is 6.15. The van der Waals surface area contributed by atoms with Crippen LogP contribution in [0, 0.1) is 0 Å². The molecule has 112 valence electrons. The zero-order valence-electron chi connectivity index (χ0n) is 11.8. The van der Waals surface area contributed by atoms with E-state index in [4.69, 9.17) is 31.3 Å². The molecule has 0 radical (unpaired) electrons. The van der Waals surface area contributed by atoms with Crippen LogP contribution in [0.2, 0.25) is 5.02 Å². The molecule has 0 aliphatic rings. The SMILES string of the molecule is C=CCC(N)c1nc(-c2cc(Cl)c(OC)c(OC)c2)no1. The van der Waals surface area contributed by atoms with E-state index in [0.717, 1.165) is 0 Å². The molecule has 0 spiro atoms. The maximum atomic E-state index is 6.15. The first-order chi connectivity index (χ1) is 10.1. The van der Waals surface area contributed by atoms with Crippen molar-refractivity contribution in [3.05, 3.63) is 35.7 Å². The van der Waals surface area contributed by atoms with Crippen LogP contribution < -0.4 is 15.2 Å². The molecular weight excluding hydrogens is 294 g/mol. The van der Waals surface area contributed by atoms with Gasteiger partial charge in [0.1, 0.15) is 0 Å². The second-order valence-corrected chi connectivity index (χ2v) is 4.69. The van der Waals surface area contributed by atoms with Crippen LogP contribution in [0.4, 0.5) is 0 Å². The van der Waals surface area contributed by atoms with E-state index >= 15 is 0 Å². The Labute approximate surface area is 127 Å². The van der Waals surface area contributed by atoms with E-state index < -0.39 is 0 Å². The van der Waals surface area contributed by atoms with Crippen LogP contribution in [-0.2, 0) is 0 Å². The van der Waals surface area contributed by atoms with Gasteiger partial charge in [0.2, 0.25) is 11.7 Å². The summed E-state index contributed by atoms with van der Waals surface area (Å²) in [4.78, 5) is 4.27. The average molecular weight is 310 g/mol. The quantitative estimate of drug-likeness (QED) is 0.826. The zero-order chi connectivity index (χ0) is 15.4. The standard InChI is InChI=1S/C14H16ClN3O3/c1-4-5-10(16)14-17-13(18-21-14)8-6-9(15)12(20-3)11(7-8)19-2/h4,6-7,10H,1,5,16H2,2-3H3. The van der Waals surface area contributed by atoms with Gasteiger partial charge in [-0.2, -0.15) is 4.98 Å². The van der Waals surface area contributed by atoms with Crippen molar-refractivity contribution >= 4 is 11.6 Å². The molecule has 0 aliphatic carbocycles. The van der Waals surface area contributed by atoms with E-state index in [1.165, 1.54) is 14.2 Å². The fourth-order valence-corrected chi connectivity index (χ4v) is 2.12. The van der Waals surface area contributed by atoms with Crippen molar-refractivity contribution in [1.82, 2.24) is 10.1 Å².